The molecule has 56 heavy (non-hydrogen) atoms. The van der Waals surface area contributed by atoms with Crippen LogP contribution in [0.3, 0.4) is 0 Å². The fourth-order valence-corrected chi connectivity index (χ4v) is 8.80. The summed E-state index contributed by atoms with van der Waals surface area (Å²) in [5, 5.41) is 5.02. The Hall–Kier alpha value is -6.90. The number of hydrogen-bond donors (Lipinski definition) is 0. The summed E-state index contributed by atoms with van der Waals surface area (Å²) in [4.78, 5) is 9.49. The Morgan fingerprint density at radius 3 is 1.91 bits per heavy atom. The average molecular weight is 717 g/mol. The molecule has 2 aliphatic rings. The van der Waals surface area contributed by atoms with Crippen molar-refractivity contribution in [3.63, 3.8) is 0 Å². The molecule has 0 fully saturated rings. The van der Waals surface area contributed by atoms with Crippen molar-refractivity contribution in [2.45, 2.75) is 24.7 Å². The summed E-state index contributed by atoms with van der Waals surface area (Å²) in [5.74, 6) is 0.473. The number of aromatic nitrogens is 2. The van der Waals surface area contributed by atoms with Gasteiger partial charge in [0.25, 0.3) is 0 Å². The van der Waals surface area contributed by atoms with Crippen LogP contribution in [0.1, 0.15) is 52.6 Å². The Balaban J connectivity index is 1.21. The molecular formula is C54H40N2. The van der Waals surface area contributed by atoms with Gasteiger partial charge in [0, 0.05) is 35.5 Å². The molecule has 0 spiro atoms. The molecule has 0 saturated carbocycles. The minimum Gasteiger partial charge on any atom is -0.261 e. The first-order valence-electron chi connectivity index (χ1n) is 19.6. The summed E-state index contributed by atoms with van der Waals surface area (Å²) in [7, 11) is 0. The van der Waals surface area contributed by atoms with Gasteiger partial charge in [0.15, 0.2) is 0 Å². The summed E-state index contributed by atoms with van der Waals surface area (Å²) in [5.41, 5.74) is 14.7. The first kappa shape index (κ1) is 33.7. The number of allylic oxidation sites excluding steroid dienone is 8. The number of nitrogens with zero attached hydrogens (tertiary/aromatic N) is 2. The van der Waals surface area contributed by atoms with E-state index in [0.29, 0.717) is 0 Å². The van der Waals surface area contributed by atoms with E-state index in [1.54, 1.807) is 0 Å². The van der Waals surface area contributed by atoms with Gasteiger partial charge in [-0.15, -0.1) is 0 Å². The molecule has 8 aromatic rings. The zero-order chi connectivity index (χ0) is 37.3. The van der Waals surface area contributed by atoms with Crippen LogP contribution in [0, 0.1) is 0 Å². The van der Waals surface area contributed by atoms with Crippen LogP contribution in [0.25, 0.3) is 60.6 Å². The Bertz CT molecular complexity index is 2830. The number of benzene rings is 6. The number of pyridine rings is 2. The minimum atomic E-state index is 0.201. The van der Waals surface area contributed by atoms with Gasteiger partial charge >= 0.3 is 0 Å². The van der Waals surface area contributed by atoms with Crippen molar-refractivity contribution in [2.24, 2.45) is 0 Å². The smallest absolute Gasteiger partial charge is 0.0702 e. The Morgan fingerprint density at radius 2 is 1.12 bits per heavy atom. The van der Waals surface area contributed by atoms with Gasteiger partial charge in [-0.2, -0.15) is 0 Å². The van der Waals surface area contributed by atoms with Gasteiger partial charge in [0.05, 0.1) is 5.69 Å². The van der Waals surface area contributed by atoms with Crippen LogP contribution in [-0.2, 0) is 0 Å². The fraction of sp³-hybridized carbons (Fsp3) is 0.0741. The average Bonchev–Trinajstić information content (AvgIpc) is 3.29. The van der Waals surface area contributed by atoms with Crippen LogP contribution in [-0.4, -0.2) is 9.97 Å². The van der Waals surface area contributed by atoms with Gasteiger partial charge in [-0.05, 0) is 121 Å². The molecule has 2 aliphatic carbocycles. The maximum absolute atomic E-state index is 4.78. The van der Waals surface area contributed by atoms with Gasteiger partial charge in [0.1, 0.15) is 0 Å². The molecule has 6 aromatic carbocycles. The Morgan fingerprint density at radius 1 is 0.446 bits per heavy atom. The van der Waals surface area contributed by atoms with Crippen molar-refractivity contribution in [1.82, 2.24) is 9.97 Å². The predicted octanol–water partition coefficient (Wildman–Crippen LogP) is 13.9. The third-order valence-electron chi connectivity index (χ3n) is 11.5. The van der Waals surface area contributed by atoms with Gasteiger partial charge in [-0.3, -0.25) is 9.97 Å². The minimum absolute atomic E-state index is 0.201. The Kier molecular flexibility index (Phi) is 8.85. The second-order valence-electron chi connectivity index (χ2n) is 14.9. The van der Waals surface area contributed by atoms with E-state index in [2.05, 4.69) is 182 Å². The monoisotopic (exact) mass is 716 g/mol. The van der Waals surface area contributed by atoms with Crippen molar-refractivity contribution < 1.29 is 0 Å². The van der Waals surface area contributed by atoms with Gasteiger partial charge < -0.3 is 0 Å². The summed E-state index contributed by atoms with van der Waals surface area (Å²) in [6, 6.07) is 59.3. The van der Waals surface area contributed by atoms with E-state index in [9.17, 15) is 0 Å². The van der Waals surface area contributed by atoms with Crippen molar-refractivity contribution >= 4 is 38.3 Å². The van der Waals surface area contributed by atoms with Crippen LogP contribution >= 0.6 is 0 Å². The van der Waals surface area contributed by atoms with E-state index in [1.807, 2.05) is 24.5 Å². The molecule has 10 rings (SSSR count). The zero-order valence-electron chi connectivity index (χ0n) is 31.1. The van der Waals surface area contributed by atoms with Gasteiger partial charge in [-0.25, -0.2) is 0 Å². The standard InChI is InChI=1S/C54H40N2/c1-3-15-37(16-4-1)44-33-45(38-17-5-2-6-18-38)35-46(34-44)39-27-28-49-50(36-39)54(43-22-14-20-41(32-43)52-26-10-12-30-56-52)48-24-8-7-23-47(48)53(49)42-21-13-19-40(31-42)51-25-9-11-29-55-51/h1-31,34-36,41,44H,32-33H2. The fourth-order valence-electron chi connectivity index (χ4n) is 8.80. The largest absolute Gasteiger partial charge is 0.261 e. The molecule has 2 aromatic heterocycles. The van der Waals surface area contributed by atoms with Crippen LogP contribution < -0.4 is 0 Å². The molecule has 0 N–H and O–H groups in total. The highest BCUT2D eigenvalue weighted by Crippen LogP contribution is 2.47. The molecule has 0 amide bonds. The topological polar surface area (TPSA) is 25.8 Å². The predicted molar refractivity (Wildman–Crippen MR) is 235 cm³/mol. The Labute approximate surface area is 328 Å². The molecule has 2 nitrogen and oxygen atoms in total. The summed E-state index contributed by atoms with van der Waals surface area (Å²) < 4.78 is 0. The summed E-state index contributed by atoms with van der Waals surface area (Å²) in [6.07, 6.45) is 17.4. The van der Waals surface area contributed by atoms with Crippen LogP contribution in [0.15, 0.2) is 207 Å². The highest BCUT2D eigenvalue weighted by molar-refractivity contribution is 6.19. The van der Waals surface area contributed by atoms with Gasteiger partial charge in [-0.1, -0.05) is 158 Å². The number of hydrogen-bond acceptors (Lipinski definition) is 2. The van der Waals surface area contributed by atoms with E-state index >= 15 is 0 Å². The quantitative estimate of drug-likeness (QED) is 0.153. The molecule has 266 valence electrons. The van der Waals surface area contributed by atoms with Crippen molar-refractivity contribution in [3.05, 3.63) is 235 Å². The lowest BCUT2D eigenvalue weighted by Gasteiger charge is -2.25. The lowest BCUT2D eigenvalue weighted by Crippen LogP contribution is -2.05. The normalized spacial score (nSPS) is 16.7. The third kappa shape index (κ3) is 6.40. The van der Waals surface area contributed by atoms with E-state index in [1.165, 1.54) is 71.6 Å². The summed E-state index contributed by atoms with van der Waals surface area (Å²) in [6.45, 7) is 0. The molecular weight excluding hydrogens is 677 g/mol. The maximum Gasteiger partial charge on any atom is 0.0702 e. The molecule has 0 aliphatic heterocycles. The number of fused-ring (bicyclic) bond motifs is 2. The molecule has 2 atom stereocenters. The van der Waals surface area contributed by atoms with Gasteiger partial charge in [0.2, 0.25) is 0 Å². The summed E-state index contributed by atoms with van der Waals surface area (Å²) >= 11 is 0. The van der Waals surface area contributed by atoms with Crippen LogP contribution in [0.4, 0.5) is 0 Å². The molecule has 2 heterocycles. The molecule has 0 bridgehead atoms. The maximum atomic E-state index is 4.78. The first-order valence-corrected chi connectivity index (χ1v) is 19.6. The first-order chi connectivity index (χ1) is 27.8. The van der Waals surface area contributed by atoms with Crippen LogP contribution in [0.5, 0.6) is 0 Å². The third-order valence-corrected chi connectivity index (χ3v) is 11.5. The van der Waals surface area contributed by atoms with Crippen molar-refractivity contribution in [3.8, 4) is 22.4 Å². The van der Waals surface area contributed by atoms with E-state index in [4.69, 9.17) is 9.97 Å². The zero-order valence-corrected chi connectivity index (χ0v) is 31.1. The van der Waals surface area contributed by atoms with E-state index in [-0.39, 0.29) is 11.8 Å². The van der Waals surface area contributed by atoms with Crippen molar-refractivity contribution in [2.75, 3.05) is 0 Å². The molecule has 0 saturated heterocycles. The van der Waals surface area contributed by atoms with E-state index < -0.39 is 0 Å². The lowest BCUT2D eigenvalue weighted by atomic mass is 9.79. The van der Waals surface area contributed by atoms with Crippen LogP contribution in [0.2, 0.25) is 0 Å². The molecule has 2 heteroatoms. The molecule has 0 radical (unpaired) electrons. The van der Waals surface area contributed by atoms with E-state index in [0.717, 1.165) is 29.8 Å². The SMILES string of the molecule is C1=CC(c2ccccn2)CC(c2c3ccccc3c(-c3cccc(-c4ccccn4)c3)c3ccc(C4=CC(c5ccccc5)CC(c5ccccc5)=C4)cc23)=C1. The lowest BCUT2D eigenvalue weighted by molar-refractivity contribution is 0.828. The highest BCUT2D eigenvalue weighted by Gasteiger charge is 2.24. The number of rotatable bonds is 7. The van der Waals surface area contributed by atoms with Crippen molar-refractivity contribution in [1.29, 1.82) is 0 Å². The molecule has 2 unspecified atom stereocenters. The highest BCUT2D eigenvalue weighted by atomic mass is 14.7. The second kappa shape index (κ2) is 14.7. The second-order valence-corrected chi connectivity index (χ2v) is 14.9.